The van der Waals surface area contributed by atoms with Crippen LogP contribution in [0.2, 0.25) is 0 Å². The maximum absolute atomic E-state index is 12.5. The van der Waals surface area contributed by atoms with E-state index in [0.717, 1.165) is 4.90 Å². The van der Waals surface area contributed by atoms with E-state index >= 15 is 0 Å². The Morgan fingerprint density at radius 1 is 0.724 bits per heavy atom. The van der Waals surface area contributed by atoms with E-state index in [9.17, 15) is 24.3 Å². The lowest BCUT2D eigenvalue weighted by Crippen LogP contribution is -2.29. The third-order valence-electron chi connectivity index (χ3n) is 4.56. The average Bonchev–Trinajstić information content (AvgIpc) is 2.99. The van der Waals surface area contributed by atoms with Crippen molar-refractivity contribution in [2.24, 2.45) is 0 Å². The number of carboxylic acids is 1. The van der Waals surface area contributed by atoms with Gasteiger partial charge in [0.1, 0.15) is 0 Å². The van der Waals surface area contributed by atoms with Gasteiger partial charge in [0.25, 0.3) is 17.7 Å². The predicted octanol–water partition coefficient (Wildman–Crippen LogP) is 2.10. The number of imide groups is 1. The standard InChI is InChI=1S/C22H14N2O5/c25-19(23-15-9-5-14(6-10-15)22(28)29)13-7-11-16(12-8-13)24-20(26)17-3-1-2-4-18(17)21(24)27/h1-12H,(H,23,25)(H,28,29)/p-1. The molecule has 0 bridgehead atoms. The van der Waals surface area contributed by atoms with Gasteiger partial charge >= 0.3 is 0 Å². The number of carbonyl (C=O) groups excluding carboxylic acids is 4. The summed E-state index contributed by atoms with van der Waals surface area (Å²) in [6.45, 7) is 0. The first-order valence-corrected chi connectivity index (χ1v) is 8.66. The van der Waals surface area contributed by atoms with Crippen LogP contribution in [0.5, 0.6) is 0 Å². The van der Waals surface area contributed by atoms with Crippen LogP contribution in [0, 0.1) is 0 Å². The molecule has 0 spiro atoms. The number of carboxylic acid groups (broad SMARTS) is 1. The Morgan fingerprint density at radius 2 is 1.24 bits per heavy atom. The lowest BCUT2D eigenvalue weighted by molar-refractivity contribution is -0.255. The van der Waals surface area contributed by atoms with Gasteiger partial charge in [0.15, 0.2) is 0 Å². The molecule has 7 heteroatoms. The van der Waals surface area contributed by atoms with Gasteiger partial charge in [-0.25, -0.2) is 4.90 Å². The molecule has 0 unspecified atom stereocenters. The van der Waals surface area contributed by atoms with E-state index in [1.54, 1.807) is 24.3 Å². The fourth-order valence-corrected chi connectivity index (χ4v) is 3.08. The first-order valence-electron chi connectivity index (χ1n) is 8.66. The number of hydrogen-bond acceptors (Lipinski definition) is 5. The Balaban J connectivity index is 1.51. The molecule has 3 aromatic rings. The van der Waals surface area contributed by atoms with Crippen molar-refractivity contribution in [1.82, 2.24) is 0 Å². The van der Waals surface area contributed by atoms with Gasteiger partial charge in [-0.15, -0.1) is 0 Å². The highest BCUT2D eigenvalue weighted by Crippen LogP contribution is 2.28. The van der Waals surface area contributed by atoms with Crippen molar-refractivity contribution < 1.29 is 24.3 Å². The van der Waals surface area contributed by atoms with Gasteiger partial charge in [0.05, 0.1) is 22.8 Å². The molecule has 0 saturated carbocycles. The summed E-state index contributed by atoms with van der Waals surface area (Å²) >= 11 is 0. The molecule has 1 heterocycles. The van der Waals surface area contributed by atoms with Gasteiger partial charge in [0.2, 0.25) is 0 Å². The molecule has 7 nitrogen and oxygen atoms in total. The van der Waals surface area contributed by atoms with Crippen LogP contribution in [0.25, 0.3) is 0 Å². The molecule has 0 aliphatic carbocycles. The molecule has 1 N–H and O–H groups in total. The van der Waals surface area contributed by atoms with Crippen molar-refractivity contribution in [2.75, 3.05) is 10.2 Å². The molecule has 142 valence electrons. The number of carbonyl (C=O) groups is 4. The van der Waals surface area contributed by atoms with Crippen molar-refractivity contribution in [3.8, 4) is 0 Å². The van der Waals surface area contributed by atoms with E-state index in [1.165, 1.54) is 48.5 Å². The second kappa shape index (κ2) is 7.05. The van der Waals surface area contributed by atoms with Gasteiger partial charge in [-0.2, -0.15) is 0 Å². The number of nitrogens with one attached hydrogen (secondary N) is 1. The second-order valence-corrected chi connectivity index (χ2v) is 6.36. The Bertz CT molecular complexity index is 1120. The summed E-state index contributed by atoms with van der Waals surface area (Å²) in [6.07, 6.45) is 0. The van der Waals surface area contributed by atoms with Crippen LogP contribution >= 0.6 is 0 Å². The Kier molecular flexibility index (Phi) is 4.40. The fraction of sp³-hybridized carbons (Fsp3) is 0. The van der Waals surface area contributed by atoms with Crippen LogP contribution in [-0.2, 0) is 0 Å². The number of fused-ring (bicyclic) bond motifs is 1. The number of anilines is 2. The highest BCUT2D eigenvalue weighted by Gasteiger charge is 2.36. The van der Waals surface area contributed by atoms with Crippen LogP contribution in [0.4, 0.5) is 11.4 Å². The minimum Gasteiger partial charge on any atom is -0.545 e. The number of benzene rings is 3. The summed E-state index contributed by atoms with van der Waals surface area (Å²) in [5, 5.41) is 13.4. The Morgan fingerprint density at radius 3 is 1.76 bits per heavy atom. The zero-order valence-electron chi connectivity index (χ0n) is 14.9. The largest absolute Gasteiger partial charge is 0.545 e. The van der Waals surface area contributed by atoms with Crippen LogP contribution in [-0.4, -0.2) is 23.7 Å². The van der Waals surface area contributed by atoms with Crippen LogP contribution in [0.3, 0.4) is 0 Å². The van der Waals surface area contributed by atoms with Gasteiger partial charge in [-0.1, -0.05) is 24.3 Å². The smallest absolute Gasteiger partial charge is 0.266 e. The monoisotopic (exact) mass is 385 g/mol. The van der Waals surface area contributed by atoms with Crippen molar-refractivity contribution >= 4 is 35.1 Å². The number of aromatic carboxylic acids is 1. The molecule has 29 heavy (non-hydrogen) atoms. The number of nitrogens with zero attached hydrogens (tertiary/aromatic N) is 1. The van der Waals surface area contributed by atoms with Gasteiger partial charge < -0.3 is 15.2 Å². The molecule has 1 aliphatic heterocycles. The zero-order chi connectivity index (χ0) is 20.5. The quantitative estimate of drug-likeness (QED) is 0.692. The SMILES string of the molecule is O=C([O-])c1ccc(NC(=O)c2ccc(N3C(=O)c4ccccc4C3=O)cc2)cc1. The molecule has 3 aromatic carbocycles. The third kappa shape index (κ3) is 3.25. The Hall–Kier alpha value is -4.26. The molecule has 0 aromatic heterocycles. The molecule has 4 rings (SSSR count). The summed E-state index contributed by atoms with van der Waals surface area (Å²) < 4.78 is 0. The van der Waals surface area contributed by atoms with Crippen molar-refractivity contribution in [1.29, 1.82) is 0 Å². The Labute approximate surface area is 165 Å². The first kappa shape index (κ1) is 18.1. The molecule has 0 atom stereocenters. The van der Waals surface area contributed by atoms with Gasteiger partial charge in [-0.05, 0) is 54.1 Å². The van der Waals surface area contributed by atoms with Crippen molar-refractivity contribution in [2.45, 2.75) is 0 Å². The number of hydrogen-bond donors (Lipinski definition) is 1. The van der Waals surface area contributed by atoms with Crippen molar-refractivity contribution in [3.63, 3.8) is 0 Å². The maximum Gasteiger partial charge on any atom is 0.266 e. The second-order valence-electron chi connectivity index (χ2n) is 6.36. The summed E-state index contributed by atoms with van der Waals surface area (Å²) in [6, 6.07) is 18.2. The topological polar surface area (TPSA) is 107 Å². The minimum absolute atomic E-state index is 0.00768. The number of amides is 3. The molecule has 0 saturated heterocycles. The summed E-state index contributed by atoms with van der Waals surface area (Å²) in [7, 11) is 0. The summed E-state index contributed by atoms with van der Waals surface area (Å²) in [4.78, 5) is 49.3. The molecule has 1 aliphatic rings. The zero-order valence-corrected chi connectivity index (χ0v) is 14.9. The van der Waals surface area contributed by atoms with Crippen LogP contribution in [0.15, 0.2) is 72.8 Å². The normalized spacial score (nSPS) is 12.6. The molecular weight excluding hydrogens is 372 g/mol. The highest BCUT2D eigenvalue weighted by molar-refractivity contribution is 6.34. The summed E-state index contributed by atoms with van der Waals surface area (Å²) in [5.41, 5.74) is 1.80. The molecule has 3 amide bonds. The molecule has 0 radical (unpaired) electrons. The van der Waals surface area contributed by atoms with E-state index < -0.39 is 23.7 Å². The first-order chi connectivity index (χ1) is 14.0. The fourth-order valence-electron chi connectivity index (χ4n) is 3.08. The van der Waals surface area contributed by atoms with Crippen molar-refractivity contribution in [3.05, 3.63) is 95.1 Å². The molecular formula is C22H13N2O5-. The number of rotatable bonds is 4. The highest BCUT2D eigenvalue weighted by atomic mass is 16.4. The van der Waals surface area contributed by atoms with E-state index in [0.29, 0.717) is 28.1 Å². The lowest BCUT2D eigenvalue weighted by Gasteiger charge is -2.14. The van der Waals surface area contributed by atoms with E-state index in [4.69, 9.17) is 0 Å². The predicted molar refractivity (Wildman–Crippen MR) is 103 cm³/mol. The molecule has 0 fully saturated rings. The maximum atomic E-state index is 12.5. The summed E-state index contributed by atoms with van der Waals surface area (Å²) in [5.74, 6) is -2.53. The van der Waals surface area contributed by atoms with Gasteiger partial charge in [0, 0.05) is 11.3 Å². The van der Waals surface area contributed by atoms with E-state index in [-0.39, 0.29) is 5.56 Å². The van der Waals surface area contributed by atoms with Crippen LogP contribution in [0.1, 0.15) is 41.4 Å². The lowest BCUT2D eigenvalue weighted by atomic mass is 10.1. The third-order valence-corrected chi connectivity index (χ3v) is 4.56. The van der Waals surface area contributed by atoms with Crippen LogP contribution < -0.4 is 15.3 Å². The minimum atomic E-state index is -1.30. The average molecular weight is 385 g/mol. The van der Waals surface area contributed by atoms with E-state index in [1.807, 2.05) is 0 Å². The van der Waals surface area contributed by atoms with E-state index in [2.05, 4.69) is 5.32 Å². The van der Waals surface area contributed by atoms with Gasteiger partial charge in [-0.3, -0.25) is 14.4 Å².